The van der Waals surface area contributed by atoms with Gasteiger partial charge in [-0.15, -0.1) is 23.7 Å². The highest BCUT2D eigenvalue weighted by Gasteiger charge is 2.18. The summed E-state index contributed by atoms with van der Waals surface area (Å²) < 4.78 is 0. The lowest BCUT2D eigenvalue weighted by Gasteiger charge is -2.24. The molecule has 0 aliphatic carbocycles. The zero-order chi connectivity index (χ0) is 15.2. The fourth-order valence-electron chi connectivity index (χ4n) is 2.22. The molecule has 2 N–H and O–H groups in total. The number of thiophene rings is 1. The van der Waals surface area contributed by atoms with Crippen molar-refractivity contribution in [3.05, 3.63) is 57.8 Å². The van der Waals surface area contributed by atoms with Crippen LogP contribution in [-0.4, -0.2) is 23.4 Å². The van der Waals surface area contributed by atoms with E-state index < -0.39 is 6.04 Å². The van der Waals surface area contributed by atoms with Gasteiger partial charge < -0.3 is 10.6 Å². The lowest BCUT2D eigenvalue weighted by Crippen LogP contribution is -2.42. The summed E-state index contributed by atoms with van der Waals surface area (Å²) in [6, 6.07) is 13.9. The SMILES string of the molecule is Cc1ccc(CN(CCc2ccccc2)C(=O)[C@H](C)N)s1.Cl. The maximum Gasteiger partial charge on any atom is 0.239 e. The van der Waals surface area contributed by atoms with Gasteiger partial charge in [0.1, 0.15) is 0 Å². The van der Waals surface area contributed by atoms with Crippen LogP contribution in [0.2, 0.25) is 0 Å². The van der Waals surface area contributed by atoms with Gasteiger partial charge in [0.15, 0.2) is 0 Å². The first-order valence-corrected chi connectivity index (χ1v) is 8.01. The van der Waals surface area contributed by atoms with Crippen molar-refractivity contribution in [2.45, 2.75) is 32.9 Å². The van der Waals surface area contributed by atoms with Gasteiger partial charge >= 0.3 is 0 Å². The molecule has 1 aromatic carbocycles. The highest BCUT2D eigenvalue weighted by molar-refractivity contribution is 7.11. The first-order chi connectivity index (χ1) is 10.1. The van der Waals surface area contributed by atoms with Crippen molar-refractivity contribution in [2.75, 3.05) is 6.54 Å². The fraction of sp³-hybridized carbons (Fsp3) is 0.353. The third kappa shape index (κ3) is 5.44. The number of aryl methyl sites for hydroxylation is 1. The normalized spacial score (nSPS) is 11.6. The number of hydrogen-bond acceptors (Lipinski definition) is 3. The van der Waals surface area contributed by atoms with E-state index >= 15 is 0 Å². The van der Waals surface area contributed by atoms with Crippen LogP contribution >= 0.6 is 23.7 Å². The van der Waals surface area contributed by atoms with Crippen LogP contribution in [0.1, 0.15) is 22.2 Å². The Labute approximate surface area is 142 Å². The number of nitrogens with zero attached hydrogens (tertiary/aromatic N) is 1. The summed E-state index contributed by atoms with van der Waals surface area (Å²) in [5, 5.41) is 0. The zero-order valence-electron chi connectivity index (χ0n) is 13.0. The van der Waals surface area contributed by atoms with Crippen LogP contribution < -0.4 is 5.73 Å². The Morgan fingerprint density at radius 2 is 1.91 bits per heavy atom. The topological polar surface area (TPSA) is 46.3 Å². The van der Waals surface area contributed by atoms with Gasteiger partial charge in [-0.25, -0.2) is 0 Å². The van der Waals surface area contributed by atoms with Gasteiger partial charge in [0.05, 0.1) is 12.6 Å². The first-order valence-electron chi connectivity index (χ1n) is 7.20. The first kappa shape index (κ1) is 18.7. The van der Waals surface area contributed by atoms with E-state index in [-0.39, 0.29) is 18.3 Å². The van der Waals surface area contributed by atoms with Crippen LogP contribution in [0.4, 0.5) is 0 Å². The summed E-state index contributed by atoms with van der Waals surface area (Å²) in [4.78, 5) is 16.6. The highest BCUT2D eigenvalue weighted by atomic mass is 35.5. The predicted molar refractivity (Wildman–Crippen MR) is 95.5 cm³/mol. The smallest absolute Gasteiger partial charge is 0.239 e. The Balaban J connectivity index is 0.00000242. The molecule has 0 aliphatic heterocycles. The summed E-state index contributed by atoms with van der Waals surface area (Å²) in [5.74, 6) is 0.0111. The van der Waals surface area contributed by atoms with Crippen LogP contribution in [0.15, 0.2) is 42.5 Å². The Kier molecular flexibility index (Phi) is 7.59. The van der Waals surface area contributed by atoms with E-state index in [1.54, 1.807) is 18.3 Å². The van der Waals surface area contributed by atoms with E-state index in [4.69, 9.17) is 5.73 Å². The monoisotopic (exact) mass is 338 g/mol. The van der Waals surface area contributed by atoms with Crippen molar-refractivity contribution < 1.29 is 4.79 Å². The number of hydrogen-bond donors (Lipinski definition) is 1. The molecule has 0 aliphatic rings. The molecule has 1 atom stereocenters. The van der Waals surface area contributed by atoms with E-state index in [2.05, 4.69) is 31.2 Å². The molecule has 1 aromatic heterocycles. The number of amides is 1. The lowest BCUT2D eigenvalue weighted by atomic mass is 10.1. The van der Waals surface area contributed by atoms with Crippen molar-refractivity contribution in [1.29, 1.82) is 0 Å². The Bertz CT molecular complexity index is 583. The fourth-order valence-corrected chi connectivity index (χ4v) is 3.13. The Hall–Kier alpha value is -1.36. The zero-order valence-corrected chi connectivity index (χ0v) is 14.6. The van der Waals surface area contributed by atoms with Gasteiger partial charge in [0, 0.05) is 16.3 Å². The van der Waals surface area contributed by atoms with Crippen molar-refractivity contribution in [3.63, 3.8) is 0 Å². The van der Waals surface area contributed by atoms with E-state index in [1.165, 1.54) is 15.3 Å². The molecule has 1 heterocycles. The minimum atomic E-state index is -0.457. The van der Waals surface area contributed by atoms with Gasteiger partial charge in [-0.1, -0.05) is 30.3 Å². The van der Waals surface area contributed by atoms with Gasteiger partial charge in [-0.05, 0) is 38.0 Å². The second-order valence-electron chi connectivity index (χ2n) is 5.30. The van der Waals surface area contributed by atoms with Crippen molar-refractivity contribution in [3.8, 4) is 0 Å². The van der Waals surface area contributed by atoms with Crippen LogP contribution in [-0.2, 0) is 17.8 Å². The average Bonchev–Trinajstić information content (AvgIpc) is 2.89. The highest BCUT2D eigenvalue weighted by Crippen LogP contribution is 2.18. The van der Waals surface area contributed by atoms with E-state index in [1.807, 2.05) is 23.1 Å². The van der Waals surface area contributed by atoms with E-state index in [0.29, 0.717) is 13.1 Å². The third-order valence-corrected chi connectivity index (χ3v) is 4.34. The second-order valence-corrected chi connectivity index (χ2v) is 6.67. The van der Waals surface area contributed by atoms with Crippen LogP contribution in [0.25, 0.3) is 0 Å². The number of benzene rings is 1. The summed E-state index contributed by atoms with van der Waals surface area (Å²) >= 11 is 1.73. The molecule has 0 spiro atoms. The minimum Gasteiger partial charge on any atom is -0.336 e. The Morgan fingerprint density at radius 1 is 1.23 bits per heavy atom. The van der Waals surface area contributed by atoms with Crippen molar-refractivity contribution in [1.82, 2.24) is 4.90 Å². The molecule has 0 saturated carbocycles. The molecule has 0 unspecified atom stereocenters. The predicted octanol–water partition coefficient (Wildman–Crippen LogP) is 3.40. The molecule has 22 heavy (non-hydrogen) atoms. The summed E-state index contributed by atoms with van der Waals surface area (Å²) in [5.41, 5.74) is 7.02. The summed E-state index contributed by atoms with van der Waals surface area (Å²) in [6.45, 7) is 5.17. The van der Waals surface area contributed by atoms with Gasteiger partial charge in [-0.2, -0.15) is 0 Å². The van der Waals surface area contributed by atoms with E-state index in [9.17, 15) is 4.79 Å². The number of halogens is 1. The molecule has 120 valence electrons. The molecule has 5 heteroatoms. The van der Waals surface area contributed by atoms with Gasteiger partial charge in [-0.3, -0.25) is 4.79 Å². The molecule has 0 fully saturated rings. The van der Waals surface area contributed by atoms with Gasteiger partial charge in [0.25, 0.3) is 0 Å². The number of carbonyl (C=O) groups excluding carboxylic acids is 1. The quantitative estimate of drug-likeness (QED) is 0.877. The average molecular weight is 339 g/mol. The van der Waals surface area contributed by atoms with Crippen LogP contribution in [0, 0.1) is 6.92 Å². The maximum atomic E-state index is 12.3. The molecule has 0 saturated heterocycles. The molecule has 2 rings (SSSR count). The lowest BCUT2D eigenvalue weighted by molar-refractivity contribution is -0.132. The molecular formula is C17H23ClN2OS. The summed E-state index contributed by atoms with van der Waals surface area (Å²) in [6.07, 6.45) is 0.851. The molecule has 1 amide bonds. The number of rotatable bonds is 6. The van der Waals surface area contributed by atoms with Crippen LogP contribution in [0.3, 0.4) is 0 Å². The van der Waals surface area contributed by atoms with Gasteiger partial charge in [0.2, 0.25) is 5.91 Å². The van der Waals surface area contributed by atoms with Crippen molar-refractivity contribution >= 4 is 29.7 Å². The Morgan fingerprint density at radius 3 is 2.45 bits per heavy atom. The second kappa shape index (κ2) is 8.93. The minimum absolute atomic E-state index is 0. The number of nitrogens with two attached hydrogens (primary N) is 1. The molecule has 2 aromatic rings. The maximum absolute atomic E-state index is 12.3. The molecule has 0 radical (unpaired) electrons. The number of carbonyl (C=O) groups is 1. The molecule has 3 nitrogen and oxygen atoms in total. The van der Waals surface area contributed by atoms with E-state index in [0.717, 1.165) is 6.42 Å². The van der Waals surface area contributed by atoms with Crippen molar-refractivity contribution in [2.24, 2.45) is 5.73 Å². The molecular weight excluding hydrogens is 316 g/mol. The summed E-state index contributed by atoms with van der Waals surface area (Å²) in [7, 11) is 0. The molecule has 0 bridgehead atoms. The standard InChI is InChI=1S/C17H22N2OS.ClH/c1-13-8-9-16(21-13)12-19(17(20)14(2)18)11-10-15-6-4-3-5-7-15;/h3-9,14H,10-12,18H2,1-2H3;1H/t14-;/m0./s1. The van der Waals surface area contributed by atoms with Crippen LogP contribution in [0.5, 0.6) is 0 Å². The largest absolute Gasteiger partial charge is 0.336 e. The third-order valence-electron chi connectivity index (χ3n) is 3.36.